The first-order chi connectivity index (χ1) is 4.16. The molecule has 0 aromatic rings. The van der Waals surface area contributed by atoms with Crippen LogP contribution >= 0.6 is 0 Å². The molecule has 1 nitrogen and oxygen atoms in total. The van der Waals surface area contributed by atoms with Gasteiger partial charge in [0.25, 0.3) is 0 Å². The Morgan fingerprint density at radius 1 is 1.44 bits per heavy atom. The molecule has 0 unspecified atom stereocenters. The molecule has 0 aliphatic rings. The average Bonchev–Trinajstić information content (AvgIpc) is 1.83. The van der Waals surface area contributed by atoms with Gasteiger partial charge in [-0.05, 0) is 32.9 Å². The summed E-state index contributed by atoms with van der Waals surface area (Å²) in [7, 11) is 0. The second-order valence-electron chi connectivity index (χ2n) is 2.47. The van der Waals surface area contributed by atoms with E-state index in [1.807, 2.05) is 13.8 Å². The molecule has 0 aromatic carbocycles. The summed E-state index contributed by atoms with van der Waals surface area (Å²) in [5.74, 6) is 0. The van der Waals surface area contributed by atoms with Gasteiger partial charge in [0, 0.05) is 0 Å². The number of allylic oxidation sites excluding steroid dienone is 2. The summed E-state index contributed by atoms with van der Waals surface area (Å²) in [6.07, 6.45) is 3.76. The van der Waals surface area contributed by atoms with Gasteiger partial charge in [0.1, 0.15) is 0 Å². The molecule has 9 heavy (non-hydrogen) atoms. The highest BCUT2D eigenvalue weighted by atomic mass is 14.5. The number of nitrogens with two attached hydrogens (primary N) is 1. The Hall–Kier alpha value is -0.720. The molecule has 0 heterocycles. The summed E-state index contributed by atoms with van der Waals surface area (Å²) in [6.45, 7) is 7.86. The van der Waals surface area contributed by atoms with Gasteiger partial charge >= 0.3 is 0 Å². The van der Waals surface area contributed by atoms with Gasteiger partial charge in [-0.25, -0.2) is 0 Å². The Labute approximate surface area is 57.3 Å². The Morgan fingerprint density at radius 3 is 2.33 bits per heavy atom. The maximum atomic E-state index is 5.27. The molecule has 0 aromatic heterocycles. The van der Waals surface area contributed by atoms with Crippen LogP contribution in [0.5, 0.6) is 0 Å². The lowest BCUT2D eigenvalue weighted by molar-refractivity contribution is 0.924. The van der Waals surface area contributed by atoms with Crippen LogP contribution in [-0.4, -0.2) is 0 Å². The first kappa shape index (κ1) is 8.28. The van der Waals surface area contributed by atoms with Crippen molar-refractivity contribution in [2.24, 2.45) is 5.73 Å². The number of hydrogen-bond donors (Lipinski definition) is 1. The molecule has 0 spiro atoms. The van der Waals surface area contributed by atoms with Crippen LogP contribution in [0.2, 0.25) is 0 Å². The van der Waals surface area contributed by atoms with E-state index in [4.69, 9.17) is 5.73 Å². The summed E-state index contributed by atoms with van der Waals surface area (Å²) >= 11 is 0. The van der Waals surface area contributed by atoms with E-state index in [9.17, 15) is 0 Å². The molecule has 2 N–H and O–H groups in total. The highest BCUT2D eigenvalue weighted by Gasteiger charge is 1.88. The SMILES string of the molecule is C=C(C)CC/C(C)=C\N. The molecule has 0 radical (unpaired) electrons. The monoisotopic (exact) mass is 125 g/mol. The fraction of sp³-hybridized carbons (Fsp3) is 0.500. The smallest absolute Gasteiger partial charge is 0.00732 e. The minimum Gasteiger partial charge on any atom is -0.405 e. The summed E-state index contributed by atoms with van der Waals surface area (Å²) in [6, 6.07) is 0. The van der Waals surface area contributed by atoms with Crippen molar-refractivity contribution in [3.8, 4) is 0 Å². The van der Waals surface area contributed by atoms with Gasteiger partial charge in [0.05, 0.1) is 0 Å². The minimum absolute atomic E-state index is 1.05. The average molecular weight is 125 g/mol. The quantitative estimate of drug-likeness (QED) is 0.575. The van der Waals surface area contributed by atoms with Crippen LogP contribution in [0.1, 0.15) is 26.7 Å². The molecule has 0 aliphatic carbocycles. The lowest BCUT2D eigenvalue weighted by Crippen LogP contribution is -1.85. The van der Waals surface area contributed by atoms with Crippen LogP contribution in [0.3, 0.4) is 0 Å². The first-order valence-corrected chi connectivity index (χ1v) is 3.18. The van der Waals surface area contributed by atoms with Gasteiger partial charge in [-0.1, -0.05) is 11.1 Å². The fourth-order valence-corrected chi connectivity index (χ4v) is 0.494. The van der Waals surface area contributed by atoms with Crippen molar-refractivity contribution in [3.63, 3.8) is 0 Å². The number of rotatable bonds is 3. The lowest BCUT2D eigenvalue weighted by atomic mass is 10.1. The summed E-state index contributed by atoms with van der Waals surface area (Å²) in [5.41, 5.74) is 7.72. The first-order valence-electron chi connectivity index (χ1n) is 3.18. The molecule has 0 bridgehead atoms. The van der Waals surface area contributed by atoms with Crippen molar-refractivity contribution < 1.29 is 0 Å². The van der Waals surface area contributed by atoms with Gasteiger partial charge in [0.2, 0.25) is 0 Å². The molecule has 0 rings (SSSR count). The van der Waals surface area contributed by atoms with Gasteiger partial charge in [0.15, 0.2) is 0 Å². The van der Waals surface area contributed by atoms with E-state index in [1.165, 1.54) is 11.1 Å². The second kappa shape index (κ2) is 4.19. The van der Waals surface area contributed by atoms with E-state index in [-0.39, 0.29) is 0 Å². The van der Waals surface area contributed by atoms with Crippen molar-refractivity contribution in [2.75, 3.05) is 0 Å². The van der Waals surface area contributed by atoms with E-state index >= 15 is 0 Å². The summed E-state index contributed by atoms with van der Waals surface area (Å²) in [4.78, 5) is 0. The van der Waals surface area contributed by atoms with Crippen LogP contribution in [0.15, 0.2) is 23.9 Å². The normalized spacial score (nSPS) is 11.6. The zero-order valence-electron chi connectivity index (χ0n) is 6.28. The van der Waals surface area contributed by atoms with E-state index in [1.54, 1.807) is 6.20 Å². The molecule has 0 saturated heterocycles. The summed E-state index contributed by atoms with van der Waals surface area (Å²) < 4.78 is 0. The summed E-state index contributed by atoms with van der Waals surface area (Å²) in [5, 5.41) is 0. The standard InChI is InChI=1S/C8H15N/c1-7(2)4-5-8(3)6-9/h6H,1,4-5,9H2,2-3H3/b8-6-. The lowest BCUT2D eigenvalue weighted by Gasteiger charge is -1.97. The molecule has 0 saturated carbocycles. The zero-order valence-corrected chi connectivity index (χ0v) is 6.28. The van der Waals surface area contributed by atoms with Gasteiger partial charge in [-0.3, -0.25) is 0 Å². The van der Waals surface area contributed by atoms with Crippen LogP contribution in [-0.2, 0) is 0 Å². The van der Waals surface area contributed by atoms with Crippen molar-refractivity contribution >= 4 is 0 Å². The van der Waals surface area contributed by atoms with E-state index in [0.717, 1.165) is 12.8 Å². The maximum Gasteiger partial charge on any atom is -0.00732 e. The molecule has 52 valence electrons. The molecular weight excluding hydrogens is 110 g/mol. The van der Waals surface area contributed by atoms with Gasteiger partial charge < -0.3 is 5.73 Å². The predicted octanol–water partition coefficient (Wildman–Crippen LogP) is 2.21. The van der Waals surface area contributed by atoms with Gasteiger partial charge in [-0.2, -0.15) is 0 Å². The maximum absolute atomic E-state index is 5.27. The molecule has 0 fully saturated rings. The minimum atomic E-state index is 1.05. The third kappa shape index (κ3) is 5.15. The van der Waals surface area contributed by atoms with Gasteiger partial charge in [-0.15, -0.1) is 6.58 Å². The van der Waals surface area contributed by atoms with E-state index in [0.29, 0.717) is 0 Å². The van der Waals surface area contributed by atoms with E-state index < -0.39 is 0 Å². The third-order valence-corrected chi connectivity index (χ3v) is 1.23. The van der Waals surface area contributed by atoms with Crippen molar-refractivity contribution in [1.29, 1.82) is 0 Å². The van der Waals surface area contributed by atoms with Crippen molar-refractivity contribution in [3.05, 3.63) is 23.9 Å². The molecule has 1 heteroatoms. The highest BCUT2D eigenvalue weighted by molar-refractivity contribution is 4.99. The predicted molar refractivity (Wildman–Crippen MR) is 42.0 cm³/mol. The fourth-order valence-electron chi connectivity index (χ4n) is 0.494. The largest absolute Gasteiger partial charge is 0.405 e. The molecule has 0 aliphatic heterocycles. The highest BCUT2D eigenvalue weighted by Crippen LogP contribution is 2.06. The van der Waals surface area contributed by atoms with Crippen LogP contribution in [0, 0.1) is 0 Å². The Balaban J connectivity index is 3.39. The zero-order chi connectivity index (χ0) is 7.28. The van der Waals surface area contributed by atoms with Crippen LogP contribution in [0.25, 0.3) is 0 Å². The van der Waals surface area contributed by atoms with E-state index in [2.05, 4.69) is 6.58 Å². The second-order valence-corrected chi connectivity index (χ2v) is 2.47. The Bertz CT molecular complexity index is 123. The van der Waals surface area contributed by atoms with Crippen molar-refractivity contribution in [1.82, 2.24) is 0 Å². The molecule has 0 amide bonds. The Morgan fingerprint density at radius 2 is 2.00 bits per heavy atom. The third-order valence-electron chi connectivity index (χ3n) is 1.23. The molecule has 0 atom stereocenters. The van der Waals surface area contributed by atoms with Crippen molar-refractivity contribution in [2.45, 2.75) is 26.7 Å². The number of hydrogen-bond acceptors (Lipinski definition) is 1. The Kier molecular flexibility index (Phi) is 3.85. The van der Waals surface area contributed by atoms with Crippen LogP contribution in [0.4, 0.5) is 0 Å². The topological polar surface area (TPSA) is 26.0 Å². The van der Waals surface area contributed by atoms with Crippen LogP contribution < -0.4 is 5.73 Å². The molecular formula is C8H15N.